The summed E-state index contributed by atoms with van der Waals surface area (Å²) in [5.41, 5.74) is 2.63. The molecule has 0 bridgehead atoms. The predicted octanol–water partition coefficient (Wildman–Crippen LogP) is 6.99. The maximum atomic E-state index is 13.4. The Balaban J connectivity index is 1.32. The highest BCUT2D eigenvalue weighted by molar-refractivity contribution is 5.97. The molecule has 45 heavy (non-hydrogen) atoms. The molecule has 0 spiro atoms. The number of carbonyl (C=O) groups is 3. The predicted molar refractivity (Wildman–Crippen MR) is 164 cm³/mol. The first kappa shape index (κ1) is 30.9. The standard InChI is InChI=1S/C34H28F3N3O5/c35-34(36,37)25-11-15-27(16-12-25)40-33(44)28(39-26-13-9-23(10-14-26)32(43)38-18-17-31(41)42)19-21-5-7-22(8-6-21)30-20-24-3-1-2-4-29(24)45-30/h1-16,20,28,39H,17-19H2,(H,38,43)(H,40,44)(H,41,42)/t28-/m1/s1. The van der Waals surface area contributed by atoms with Gasteiger partial charge in [0.1, 0.15) is 17.4 Å². The van der Waals surface area contributed by atoms with Crippen molar-refractivity contribution in [2.75, 3.05) is 17.2 Å². The van der Waals surface area contributed by atoms with Crippen molar-refractivity contribution in [2.45, 2.75) is 25.1 Å². The molecule has 4 N–H and O–H groups in total. The van der Waals surface area contributed by atoms with Gasteiger partial charge in [-0.05, 0) is 66.2 Å². The van der Waals surface area contributed by atoms with Gasteiger partial charge in [-0.3, -0.25) is 14.4 Å². The summed E-state index contributed by atoms with van der Waals surface area (Å²) >= 11 is 0. The van der Waals surface area contributed by atoms with Crippen molar-refractivity contribution in [3.8, 4) is 11.3 Å². The summed E-state index contributed by atoms with van der Waals surface area (Å²) in [6.45, 7) is -0.0184. The van der Waals surface area contributed by atoms with Gasteiger partial charge in [0.15, 0.2) is 0 Å². The second-order valence-corrected chi connectivity index (χ2v) is 10.3. The molecule has 5 rings (SSSR count). The van der Waals surface area contributed by atoms with Gasteiger partial charge < -0.3 is 25.5 Å². The normalized spacial score (nSPS) is 12.0. The van der Waals surface area contributed by atoms with Crippen molar-refractivity contribution in [1.29, 1.82) is 0 Å². The van der Waals surface area contributed by atoms with E-state index in [1.165, 1.54) is 24.3 Å². The Labute approximate surface area is 255 Å². The molecule has 0 fully saturated rings. The minimum atomic E-state index is -4.50. The van der Waals surface area contributed by atoms with Crippen LogP contribution < -0.4 is 16.0 Å². The number of aliphatic carboxylic acids is 1. The molecule has 0 radical (unpaired) electrons. The van der Waals surface area contributed by atoms with E-state index < -0.39 is 35.6 Å². The topological polar surface area (TPSA) is 121 Å². The fraction of sp³-hybridized carbons (Fsp3) is 0.147. The van der Waals surface area contributed by atoms with Gasteiger partial charge in [0.2, 0.25) is 5.91 Å². The molecule has 0 aliphatic rings. The van der Waals surface area contributed by atoms with E-state index in [0.29, 0.717) is 17.0 Å². The van der Waals surface area contributed by atoms with Crippen molar-refractivity contribution in [1.82, 2.24) is 5.32 Å². The van der Waals surface area contributed by atoms with Crippen molar-refractivity contribution < 1.29 is 37.1 Å². The molecule has 11 heteroatoms. The summed E-state index contributed by atoms with van der Waals surface area (Å²) < 4.78 is 45.0. The number of fused-ring (bicyclic) bond motifs is 1. The van der Waals surface area contributed by atoms with Crippen LogP contribution in [-0.2, 0) is 22.2 Å². The van der Waals surface area contributed by atoms with Crippen LogP contribution in [0, 0.1) is 0 Å². The van der Waals surface area contributed by atoms with E-state index in [0.717, 1.165) is 34.2 Å². The van der Waals surface area contributed by atoms with Crippen LogP contribution in [0.15, 0.2) is 108 Å². The lowest BCUT2D eigenvalue weighted by Gasteiger charge is -2.20. The van der Waals surface area contributed by atoms with E-state index in [2.05, 4.69) is 16.0 Å². The van der Waals surface area contributed by atoms with Crippen molar-refractivity contribution in [2.24, 2.45) is 0 Å². The molecule has 0 saturated heterocycles. The number of alkyl halides is 3. The van der Waals surface area contributed by atoms with Gasteiger partial charge in [-0.1, -0.05) is 42.5 Å². The molecule has 0 aliphatic carbocycles. The van der Waals surface area contributed by atoms with Crippen LogP contribution in [0.2, 0.25) is 0 Å². The number of rotatable bonds is 11. The Morgan fingerprint density at radius 1 is 0.822 bits per heavy atom. The molecule has 2 amide bonds. The summed E-state index contributed by atoms with van der Waals surface area (Å²) in [7, 11) is 0. The minimum absolute atomic E-state index is 0.0184. The quantitative estimate of drug-likeness (QED) is 0.127. The highest BCUT2D eigenvalue weighted by Gasteiger charge is 2.30. The zero-order valence-electron chi connectivity index (χ0n) is 23.7. The van der Waals surface area contributed by atoms with Gasteiger partial charge >= 0.3 is 12.1 Å². The highest BCUT2D eigenvalue weighted by atomic mass is 19.4. The Kier molecular flexibility index (Phi) is 9.17. The lowest BCUT2D eigenvalue weighted by molar-refractivity contribution is -0.138. The Morgan fingerprint density at radius 2 is 1.49 bits per heavy atom. The molecule has 0 unspecified atom stereocenters. The maximum Gasteiger partial charge on any atom is 0.416 e. The van der Waals surface area contributed by atoms with E-state index in [1.807, 2.05) is 54.6 Å². The number of benzene rings is 4. The van der Waals surface area contributed by atoms with E-state index >= 15 is 0 Å². The lowest BCUT2D eigenvalue weighted by atomic mass is 10.0. The lowest BCUT2D eigenvalue weighted by Crippen LogP contribution is -2.36. The van der Waals surface area contributed by atoms with Crippen LogP contribution in [0.5, 0.6) is 0 Å². The highest BCUT2D eigenvalue weighted by Crippen LogP contribution is 2.30. The Morgan fingerprint density at radius 3 is 2.13 bits per heavy atom. The second kappa shape index (κ2) is 13.4. The number of furan rings is 1. The molecule has 1 aromatic heterocycles. The molecular weight excluding hydrogens is 587 g/mol. The summed E-state index contributed by atoms with van der Waals surface area (Å²) in [4.78, 5) is 36.4. The zero-order chi connectivity index (χ0) is 32.0. The van der Waals surface area contributed by atoms with Crippen molar-refractivity contribution >= 4 is 40.1 Å². The van der Waals surface area contributed by atoms with Crippen LogP contribution in [0.25, 0.3) is 22.3 Å². The third-order valence-corrected chi connectivity index (χ3v) is 7.01. The van der Waals surface area contributed by atoms with Gasteiger partial charge in [-0.15, -0.1) is 0 Å². The number of hydrogen-bond acceptors (Lipinski definition) is 5. The van der Waals surface area contributed by atoms with E-state index in [1.54, 1.807) is 12.1 Å². The van der Waals surface area contributed by atoms with Gasteiger partial charge in [0, 0.05) is 40.9 Å². The van der Waals surface area contributed by atoms with Gasteiger partial charge in [-0.25, -0.2) is 0 Å². The monoisotopic (exact) mass is 615 g/mol. The zero-order valence-corrected chi connectivity index (χ0v) is 23.7. The summed E-state index contributed by atoms with van der Waals surface area (Å²) in [5.74, 6) is -1.25. The molecular formula is C34H28F3N3O5. The fourth-order valence-electron chi connectivity index (χ4n) is 4.65. The molecule has 1 heterocycles. The van der Waals surface area contributed by atoms with Crippen LogP contribution in [0.3, 0.4) is 0 Å². The average molecular weight is 616 g/mol. The largest absolute Gasteiger partial charge is 0.481 e. The SMILES string of the molecule is O=C(O)CCNC(=O)c1ccc(N[C@H](Cc2ccc(-c3cc4ccccc4o3)cc2)C(=O)Nc2ccc(C(F)(F)F)cc2)cc1. The summed E-state index contributed by atoms with van der Waals surface area (Å²) in [6.07, 6.45) is -4.48. The number of carbonyl (C=O) groups excluding carboxylic acids is 2. The molecule has 0 saturated carbocycles. The van der Waals surface area contributed by atoms with E-state index in [9.17, 15) is 27.6 Å². The number of para-hydroxylation sites is 1. The van der Waals surface area contributed by atoms with Crippen molar-refractivity contribution in [3.05, 3.63) is 120 Å². The van der Waals surface area contributed by atoms with Gasteiger partial charge in [0.25, 0.3) is 5.91 Å². The third-order valence-electron chi connectivity index (χ3n) is 7.01. The molecule has 8 nitrogen and oxygen atoms in total. The average Bonchev–Trinajstić information content (AvgIpc) is 3.45. The number of anilines is 2. The van der Waals surface area contributed by atoms with Crippen LogP contribution in [0.1, 0.15) is 27.9 Å². The van der Waals surface area contributed by atoms with E-state index in [-0.39, 0.29) is 25.1 Å². The number of nitrogens with one attached hydrogen (secondary N) is 3. The number of amides is 2. The number of carboxylic acids is 1. The van der Waals surface area contributed by atoms with Crippen molar-refractivity contribution in [3.63, 3.8) is 0 Å². The first-order valence-electron chi connectivity index (χ1n) is 14.0. The van der Waals surface area contributed by atoms with Crippen LogP contribution in [-0.4, -0.2) is 35.5 Å². The Hall–Kier alpha value is -5.58. The first-order chi connectivity index (χ1) is 21.5. The molecule has 230 valence electrons. The first-order valence-corrected chi connectivity index (χ1v) is 14.0. The van der Waals surface area contributed by atoms with Crippen LogP contribution in [0.4, 0.5) is 24.5 Å². The fourth-order valence-corrected chi connectivity index (χ4v) is 4.65. The molecule has 0 aliphatic heterocycles. The smallest absolute Gasteiger partial charge is 0.416 e. The molecule has 5 aromatic rings. The van der Waals surface area contributed by atoms with Crippen LogP contribution >= 0.6 is 0 Å². The third kappa shape index (κ3) is 8.08. The molecule has 4 aromatic carbocycles. The second-order valence-electron chi connectivity index (χ2n) is 10.3. The number of halogens is 3. The summed E-state index contributed by atoms with van der Waals surface area (Å²) in [6, 6.07) is 26.7. The number of carboxylic acid groups (broad SMARTS) is 1. The maximum absolute atomic E-state index is 13.4. The number of hydrogen-bond donors (Lipinski definition) is 4. The Bertz CT molecular complexity index is 1770. The van der Waals surface area contributed by atoms with Gasteiger partial charge in [0.05, 0.1) is 12.0 Å². The van der Waals surface area contributed by atoms with E-state index in [4.69, 9.17) is 9.52 Å². The summed E-state index contributed by atoms with van der Waals surface area (Å²) in [5, 5.41) is 18.1. The minimum Gasteiger partial charge on any atom is -0.481 e. The van der Waals surface area contributed by atoms with Gasteiger partial charge in [-0.2, -0.15) is 13.2 Å². The molecule has 1 atom stereocenters.